The number of ether oxygens (including phenoxy) is 1. The van der Waals surface area contributed by atoms with Crippen molar-refractivity contribution in [2.75, 3.05) is 5.73 Å². The Morgan fingerprint density at radius 2 is 1.90 bits per heavy atom. The third kappa shape index (κ3) is 3.67. The first-order valence-corrected chi connectivity index (χ1v) is 13.4. The molecular formula is C28H23BrN8O3. The van der Waals surface area contributed by atoms with Gasteiger partial charge in [0.25, 0.3) is 5.56 Å². The smallest absolute Gasteiger partial charge is 0.281 e. The molecule has 5 heterocycles. The minimum atomic E-state index is -0.494. The van der Waals surface area contributed by atoms with Crippen molar-refractivity contribution in [1.29, 1.82) is 0 Å². The van der Waals surface area contributed by atoms with Crippen molar-refractivity contribution in [3.05, 3.63) is 87.4 Å². The Kier molecular flexibility index (Phi) is 5.26. The van der Waals surface area contributed by atoms with Gasteiger partial charge in [-0.15, -0.1) is 0 Å². The lowest BCUT2D eigenvalue weighted by Crippen LogP contribution is -2.31. The molecule has 12 heteroatoms. The number of phenolic OH excluding ortho intramolecular Hbond substituents is 1. The van der Waals surface area contributed by atoms with Crippen molar-refractivity contribution in [2.24, 2.45) is 0 Å². The molecule has 0 fully saturated rings. The third-order valence-electron chi connectivity index (χ3n) is 7.04. The summed E-state index contributed by atoms with van der Waals surface area (Å²) in [6.45, 7) is 4.05. The number of fused-ring (bicyclic) bond motifs is 3. The summed E-state index contributed by atoms with van der Waals surface area (Å²) in [6.07, 6.45) is 5.52. The van der Waals surface area contributed by atoms with Crippen molar-refractivity contribution in [3.8, 4) is 22.8 Å². The zero-order valence-corrected chi connectivity index (χ0v) is 23.1. The Balaban J connectivity index is 1.46. The number of hydrogen-bond donors (Lipinski definition) is 2. The van der Waals surface area contributed by atoms with E-state index in [2.05, 4.69) is 25.9 Å². The Hall–Kier alpha value is -4.71. The topological polar surface area (TPSA) is 139 Å². The van der Waals surface area contributed by atoms with E-state index in [-0.39, 0.29) is 23.7 Å². The quantitative estimate of drug-likeness (QED) is 0.309. The molecule has 1 aliphatic rings. The van der Waals surface area contributed by atoms with Crippen molar-refractivity contribution in [3.63, 3.8) is 0 Å². The van der Waals surface area contributed by atoms with Gasteiger partial charge in [-0.25, -0.2) is 19.6 Å². The minimum Gasteiger partial charge on any atom is -0.504 e. The number of aromatic hydroxyl groups is 1. The molecular weight excluding hydrogens is 576 g/mol. The first-order chi connectivity index (χ1) is 19.2. The Morgan fingerprint density at radius 3 is 2.70 bits per heavy atom. The Labute approximate surface area is 235 Å². The lowest BCUT2D eigenvalue weighted by atomic mass is 9.95. The Morgan fingerprint density at radius 1 is 1.10 bits per heavy atom. The van der Waals surface area contributed by atoms with Gasteiger partial charge in [0, 0.05) is 34.4 Å². The second-order valence-electron chi connectivity index (χ2n) is 10.3. The van der Waals surface area contributed by atoms with Crippen LogP contribution in [0.5, 0.6) is 11.5 Å². The number of phenols is 1. The summed E-state index contributed by atoms with van der Waals surface area (Å²) in [7, 11) is 0. The standard InChI is InChI=1S/C28H23BrN8O3/c1-28(2)12-16-15(8-9-19(38)24(16)40-28)23-22-25(30)31-14-32-26(22)36(34-23)13-20-33-18-7-5-6-17(29)21(18)27(39)37(20)35-10-3-4-11-35/h3-11,14,38H,12-13H2,1-2H3,(H2,30,31,32). The molecule has 0 saturated heterocycles. The maximum Gasteiger partial charge on any atom is 0.281 e. The van der Waals surface area contributed by atoms with Crippen molar-refractivity contribution >= 4 is 43.7 Å². The zero-order chi connectivity index (χ0) is 27.8. The molecule has 0 atom stereocenters. The summed E-state index contributed by atoms with van der Waals surface area (Å²) in [5.41, 5.74) is 8.86. The predicted molar refractivity (Wildman–Crippen MR) is 153 cm³/mol. The van der Waals surface area contributed by atoms with Gasteiger partial charge in [0.15, 0.2) is 23.0 Å². The van der Waals surface area contributed by atoms with Crippen LogP contribution in [0.4, 0.5) is 5.82 Å². The maximum absolute atomic E-state index is 13.8. The molecule has 200 valence electrons. The zero-order valence-electron chi connectivity index (χ0n) is 21.5. The Bertz CT molecular complexity index is 2030. The summed E-state index contributed by atoms with van der Waals surface area (Å²) in [6, 6.07) is 12.5. The molecule has 7 rings (SSSR count). The van der Waals surface area contributed by atoms with E-state index in [0.717, 1.165) is 11.1 Å². The van der Waals surface area contributed by atoms with Gasteiger partial charge in [0.05, 0.1) is 16.3 Å². The number of nitrogen functional groups attached to an aromatic ring is 1. The lowest BCUT2D eigenvalue weighted by molar-refractivity contribution is 0.134. The number of nitrogens with zero attached hydrogens (tertiary/aromatic N) is 7. The molecule has 2 aromatic carbocycles. The van der Waals surface area contributed by atoms with Crippen molar-refractivity contribution in [1.82, 2.24) is 34.1 Å². The molecule has 1 aliphatic heterocycles. The molecule has 6 aromatic rings. The van der Waals surface area contributed by atoms with E-state index in [0.29, 0.717) is 50.1 Å². The summed E-state index contributed by atoms with van der Waals surface area (Å²) in [5.74, 6) is 1.22. The highest BCUT2D eigenvalue weighted by Crippen LogP contribution is 2.47. The number of nitrogens with two attached hydrogens (primary N) is 1. The fraction of sp³-hybridized carbons (Fsp3) is 0.179. The summed E-state index contributed by atoms with van der Waals surface area (Å²) in [5, 5.41) is 16.5. The van der Waals surface area contributed by atoms with Crippen molar-refractivity contribution < 1.29 is 9.84 Å². The van der Waals surface area contributed by atoms with Crippen molar-refractivity contribution in [2.45, 2.75) is 32.4 Å². The largest absolute Gasteiger partial charge is 0.504 e. The second-order valence-corrected chi connectivity index (χ2v) is 11.1. The average Bonchev–Trinajstić information content (AvgIpc) is 3.63. The van der Waals surface area contributed by atoms with Gasteiger partial charge < -0.3 is 15.6 Å². The van der Waals surface area contributed by atoms with Crippen LogP contribution in [0.1, 0.15) is 25.2 Å². The molecule has 40 heavy (non-hydrogen) atoms. The van der Waals surface area contributed by atoms with Gasteiger partial charge in [-0.1, -0.05) is 6.07 Å². The van der Waals surface area contributed by atoms with Crippen LogP contribution in [-0.4, -0.2) is 44.8 Å². The van der Waals surface area contributed by atoms with E-state index in [1.807, 2.05) is 38.1 Å². The molecule has 0 spiro atoms. The molecule has 4 aromatic heterocycles. The van der Waals surface area contributed by atoms with Crippen LogP contribution in [0.15, 0.2) is 70.5 Å². The van der Waals surface area contributed by atoms with E-state index < -0.39 is 5.60 Å². The van der Waals surface area contributed by atoms with Gasteiger partial charge in [-0.2, -0.15) is 9.77 Å². The highest BCUT2D eigenvalue weighted by Gasteiger charge is 2.35. The summed E-state index contributed by atoms with van der Waals surface area (Å²) >= 11 is 3.50. The number of hydrogen-bond acceptors (Lipinski definition) is 8. The van der Waals surface area contributed by atoms with Gasteiger partial charge in [0.1, 0.15) is 30.0 Å². The van der Waals surface area contributed by atoms with Crippen LogP contribution in [0, 0.1) is 0 Å². The second kappa shape index (κ2) is 8.65. The highest BCUT2D eigenvalue weighted by atomic mass is 79.9. The van der Waals surface area contributed by atoms with Gasteiger partial charge in [-0.3, -0.25) is 9.47 Å². The number of aromatic nitrogens is 7. The van der Waals surface area contributed by atoms with E-state index >= 15 is 0 Å². The third-order valence-corrected chi connectivity index (χ3v) is 7.70. The van der Waals surface area contributed by atoms with E-state index in [4.69, 9.17) is 20.6 Å². The molecule has 0 unspecified atom stereocenters. The number of anilines is 1. The average molecular weight is 599 g/mol. The molecule has 11 nitrogen and oxygen atoms in total. The summed E-state index contributed by atoms with van der Waals surface area (Å²) in [4.78, 5) is 27.4. The summed E-state index contributed by atoms with van der Waals surface area (Å²) < 4.78 is 11.6. The fourth-order valence-electron chi connectivity index (χ4n) is 5.35. The highest BCUT2D eigenvalue weighted by molar-refractivity contribution is 9.10. The SMILES string of the molecule is CC1(C)Cc2c(-c3nn(Cc4nc5cccc(Br)c5c(=O)n4-n4cccc4)c4ncnc(N)c34)ccc(O)c2O1. The van der Waals surface area contributed by atoms with Crippen LogP contribution in [0.2, 0.25) is 0 Å². The molecule has 3 N–H and O–H groups in total. The molecule has 0 saturated carbocycles. The van der Waals surface area contributed by atoms with Gasteiger partial charge in [-0.05, 0) is 66.2 Å². The number of benzene rings is 2. The van der Waals surface area contributed by atoms with Gasteiger partial charge >= 0.3 is 0 Å². The van der Waals surface area contributed by atoms with Gasteiger partial charge in [0.2, 0.25) is 0 Å². The fourth-order valence-corrected chi connectivity index (χ4v) is 5.88. The van der Waals surface area contributed by atoms with Crippen LogP contribution in [0.25, 0.3) is 33.2 Å². The molecule has 0 amide bonds. The number of halogens is 1. The lowest BCUT2D eigenvalue weighted by Gasteiger charge is -2.16. The predicted octanol–water partition coefficient (Wildman–Crippen LogP) is 4.13. The van der Waals surface area contributed by atoms with Crippen LogP contribution < -0.4 is 16.0 Å². The monoisotopic (exact) mass is 598 g/mol. The molecule has 0 bridgehead atoms. The normalized spacial score (nSPS) is 14.1. The maximum atomic E-state index is 13.8. The molecule has 0 aliphatic carbocycles. The van der Waals surface area contributed by atoms with Crippen LogP contribution >= 0.6 is 15.9 Å². The molecule has 0 radical (unpaired) electrons. The first kappa shape index (κ1) is 24.3. The first-order valence-electron chi connectivity index (χ1n) is 12.6. The van der Waals surface area contributed by atoms with E-state index in [1.54, 1.807) is 40.0 Å². The van der Waals surface area contributed by atoms with E-state index in [1.165, 1.54) is 11.0 Å². The minimum absolute atomic E-state index is 0.0690. The van der Waals surface area contributed by atoms with E-state index in [9.17, 15) is 9.90 Å². The van der Waals surface area contributed by atoms with Crippen LogP contribution in [0.3, 0.4) is 0 Å². The van der Waals surface area contributed by atoms with Crippen LogP contribution in [-0.2, 0) is 13.0 Å². The number of rotatable bonds is 4.